The molecule has 0 saturated carbocycles. The molecule has 2 heteroatoms. The standard InChI is InChI=1S/C13H16OSi/c1-15(2,3)9-8-13(14)10-11-6-4-5-7-12(11)13/h4-7,14H,10H2,1-3H3/t13-/m1/s1. The molecule has 0 bridgehead atoms. The zero-order chi connectivity index (χ0) is 11.1. The Kier molecular flexibility index (Phi) is 2.25. The molecule has 1 aliphatic carbocycles. The highest BCUT2D eigenvalue weighted by Gasteiger charge is 2.39. The first-order valence-electron chi connectivity index (χ1n) is 5.26. The van der Waals surface area contributed by atoms with Gasteiger partial charge < -0.3 is 5.11 Å². The number of aliphatic hydroxyl groups is 1. The van der Waals surface area contributed by atoms with Crippen molar-refractivity contribution in [3.05, 3.63) is 35.4 Å². The molecule has 0 aliphatic heterocycles. The van der Waals surface area contributed by atoms with Crippen LogP contribution in [0, 0.1) is 11.5 Å². The summed E-state index contributed by atoms with van der Waals surface area (Å²) in [6, 6.07) is 7.99. The van der Waals surface area contributed by atoms with Crippen LogP contribution in [0.15, 0.2) is 24.3 Å². The zero-order valence-corrected chi connectivity index (χ0v) is 10.5. The van der Waals surface area contributed by atoms with Gasteiger partial charge in [0.1, 0.15) is 8.07 Å². The van der Waals surface area contributed by atoms with Crippen LogP contribution in [0.1, 0.15) is 11.1 Å². The lowest BCUT2D eigenvalue weighted by Gasteiger charge is -2.35. The molecule has 15 heavy (non-hydrogen) atoms. The normalized spacial score (nSPS) is 23.5. The molecule has 2 rings (SSSR count). The summed E-state index contributed by atoms with van der Waals surface area (Å²) in [5, 5.41) is 10.3. The largest absolute Gasteiger partial charge is 0.373 e. The van der Waals surface area contributed by atoms with Gasteiger partial charge in [-0.2, -0.15) is 0 Å². The van der Waals surface area contributed by atoms with E-state index < -0.39 is 13.7 Å². The summed E-state index contributed by atoms with van der Waals surface area (Å²) in [6.45, 7) is 6.57. The van der Waals surface area contributed by atoms with Crippen LogP contribution in [-0.2, 0) is 12.0 Å². The molecule has 0 heterocycles. The van der Waals surface area contributed by atoms with Gasteiger partial charge in [0, 0.05) is 6.42 Å². The SMILES string of the molecule is C[Si](C)(C)C#C[C@@]1(O)Cc2ccccc21. The van der Waals surface area contributed by atoms with Crippen molar-refractivity contribution in [2.75, 3.05) is 0 Å². The van der Waals surface area contributed by atoms with Crippen molar-refractivity contribution in [3.8, 4) is 11.5 Å². The predicted molar refractivity (Wildman–Crippen MR) is 65.2 cm³/mol. The Bertz CT molecular complexity index is 448. The average Bonchev–Trinajstić information content (AvgIpc) is 2.12. The fourth-order valence-electron chi connectivity index (χ4n) is 1.74. The van der Waals surface area contributed by atoms with Crippen LogP contribution in [0.3, 0.4) is 0 Å². The molecule has 0 saturated heterocycles. The van der Waals surface area contributed by atoms with Gasteiger partial charge in [0.2, 0.25) is 0 Å². The second kappa shape index (κ2) is 3.23. The van der Waals surface area contributed by atoms with E-state index in [1.807, 2.05) is 18.2 Å². The van der Waals surface area contributed by atoms with Crippen LogP contribution in [0.25, 0.3) is 0 Å². The molecule has 0 aromatic heterocycles. The van der Waals surface area contributed by atoms with Crippen molar-refractivity contribution in [3.63, 3.8) is 0 Å². The van der Waals surface area contributed by atoms with Crippen LogP contribution >= 0.6 is 0 Å². The van der Waals surface area contributed by atoms with Crippen LogP contribution in [-0.4, -0.2) is 13.2 Å². The molecule has 0 spiro atoms. The van der Waals surface area contributed by atoms with Crippen LogP contribution < -0.4 is 0 Å². The summed E-state index contributed by atoms with van der Waals surface area (Å²) < 4.78 is 0. The highest BCUT2D eigenvalue weighted by Crippen LogP contribution is 2.38. The maximum Gasteiger partial charge on any atom is 0.154 e. The minimum atomic E-state index is -1.39. The number of benzene rings is 1. The maximum absolute atomic E-state index is 10.3. The molecule has 1 aliphatic rings. The first-order valence-corrected chi connectivity index (χ1v) is 8.76. The van der Waals surface area contributed by atoms with Gasteiger partial charge in [-0.15, -0.1) is 5.54 Å². The summed E-state index contributed by atoms with van der Waals surface area (Å²) in [5.41, 5.74) is 4.60. The van der Waals surface area contributed by atoms with Crippen LogP contribution in [0.2, 0.25) is 19.6 Å². The van der Waals surface area contributed by atoms with Gasteiger partial charge in [-0.1, -0.05) is 49.8 Å². The molecule has 1 aromatic carbocycles. The Balaban J connectivity index is 2.30. The van der Waals surface area contributed by atoms with Gasteiger partial charge in [0.25, 0.3) is 0 Å². The van der Waals surface area contributed by atoms with Gasteiger partial charge >= 0.3 is 0 Å². The summed E-state index contributed by atoms with van der Waals surface area (Å²) >= 11 is 0. The smallest absolute Gasteiger partial charge is 0.154 e. The Morgan fingerprint density at radius 3 is 2.53 bits per heavy atom. The van der Waals surface area contributed by atoms with Gasteiger partial charge in [-0.25, -0.2) is 0 Å². The van der Waals surface area contributed by atoms with Crippen molar-refractivity contribution >= 4 is 8.07 Å². The highest BCUT2D eigenvalue weighted by molar-refractivity contribution is 6.83. The van der Waals surface area contributed by atoms with E-state index in [0.717, 1.165) is 5.56 Å². The lowest BCUT2D eigenvalue weighted by Crippen LogP contribution is -2.37. The minimum absolute atomic E-state index is 0.681. The Hall–Kier alpha value is -1.04. The van der Waals surface area contributed by atoms with E-state index in [2.05, 4.69) is 37.2 Å². The predicted octanol–water partition coefficient (Wildman–Crippen LogP) is 2.31. The third kappa shape index (κ3) is 1.99. The molecule has 1 N–H and O–H groups in total. The van der Waals surface area contributed by atoms with Gasteiger partial charge in [0.15, 0.2) is 5.60 Å². The lowest BCUT2D eigenvalue weighted by molar-refractivity contribution is 0.0756. The Labute approximate surface area is 92.2 Å². The molecular weight excluding hydrogens is 200 g/mol. The van der Waals surface area contributed by atoms with E-state index in [4.69, 9.17) is 0 Å². The minimum Gasteiger partial charge on any atom is -0.373 e. The fraction of sp³-hybridized carbons (Fsp3) is 0.385. The van der Waals surface area contributed by atoms with Gasteiger partial charge in [-0.05, 0) is 11.1 Å². The number of hydrogen-bond acceptors (Lipinski definition) is 1. The van der Waals surface area contributed by atoms with E-state index in [0.29, 0.717) is 6.42 Å². The van der Waals surface area contributed by atoms with E-state index in [-0.39, 0.29) is 0 Å². The lowest BCUT2D eigenvalue weighted by atomic mass is 9.74. The maximum atomic E-state index is 10.3. The molecule has 1 nitrogen and oxygen atoms in total. The quantitative estimate of drug-likeness (QED) is 0.521. The van der Waals surface area contributed by atoms with Crippen molar-refractivity contribution < 1.29 is 5.11 Å². The van der Waals surface area contributed by atoms with E-state index in [9.17, 15) is 5.11 Å². The average molecular weight is 216 g/mol. The van der Waals surface area contributed by atoms with E-state index >= 15 is 0 Å². The summed E-state index contributed by atoms with van der Waals surface area (Å²) in [7, 11) is -1.39. The molecule has 0 unspecified atom stereocenters. The third-order valence-corrected chi connectivity index (χ3v) is 3.43. The molecule has 0 amide bonds. The van der Waals surface area contributed by atoms with Gasteiger partial charge in [-0.3, -0.25) is 0 Å². The van der Waals surface area contributed by atoms with E-state index in [1.54, 1.807) is 0 Å². The number of hydrogen-bond donors (Lipinski definition) is 1. The molecule has 1 atom stereocenters. The molecular formula is C13H16OSi. The fourth-order valence-corrected chi connectivity index (χ4v) is 2.33. The monoisotopic (exact) mass is 216 g/mol. The number of fused-ring (bicyclic) bond motifs is 1. The van der Waals surface area contributed by atoms with E-state index in [1.165, 1.54) is 5.56 Å². The van der Waals surface area contributed by atoms with Crippen LogP contribution in [0.5, 0.6) is 0 Å². The molecule has 1 aromatic rings. The second-order valence-electron chi connectivity index (χ2n) is 5.19. The van der Waals surface area contributed by atoms with Crippen molar-refractivity contribution in [2.45, 2.75) is 31.7 Å². The summed E-state index contributed by atoms with van der Waals surface area (Å²) in [6.07, 6.45) is 0.681. The molecule has 0 fully saturated rings. The third-order valence-electron chi connectivity index (χ3n) is 2.55. The van der Waals surface area contributed by atoms with Crippen molar-refractivity contribution in [1.82, 2.24) is 0 Å². The Morgan fingerprint density at radius 1 is 1.27 bits per heavy atom. The van der Waals surface area contributed by atoms with Crippen LogP contribution in [0.4, 0.5) is 0 Å². The number of rotatable bonds is 0. The topological polar surface area (TPSA) is 20.2 Å². The molecule has 0 radical (unpaired) electrons. The highest BCUT2D eigenvalue weighted by atomic mass is 28.3. The summed E-state index contributed by atoms with van der Waals surface area (Å²) in [4.78, 5) is 0. The zero-order valence-electron chi connectivity index (χ0n) is 9.46. The molecule has 78 valence electrons. The van der Waals surface area contributed by atoms with Crippen molar-refractivity contribution in [2.24, 2.45) is 0 Å². The van der Waals surface area contributed by atoms with Gasteiger partial charge in [0.05, 0.1) is 0 Å². The summed E-state index contributed by atoms with van der Waals surface area (Å²) in [5.74, 6) is 3.06. The first-order chi connectivity index (χ1) is 6.91. The Morgan fingerprint density at radius 2 is 1.93 bits per heavy atom. The second-order valence-corrected chi connectivity index (χ2v) is 9.94. The first kappa shape index (κ1) is 10.5. The van der Waals surface area contributed by atoms with Crippen molar-refractivity contribution in [1.29, 1.82) is 0 Å².